The molecule has 0 aliphatic rings. The lowest BCUT2D eigenvalue weighted by molar-refractivity contribution is -0.139. The molecule has 0 heterocycles. The van der Waals surface area contributed by atoms with E-state index in [1.807, 2.05) is 31.2 Å². The Bertz CT molecular complexity index is 830. The van der Waals surface area contributed by atoms with Crippen molar-refractivity contribution in [1.29, 1.82) is 0 Å². The molecule has 0 aliphatic carbocycles. The predicted octanol–water partition coefficient (Wildman–Crippen LogP) is 5.55. The Balaban J connectivity index is 2.08. The first-order chi connectivity index (χ1) is 14.9. The van der Waals surface area contributed by atoms with Gasteiger partial charge in [-0.3, -0.25) is 9.59 Å². The number of carbonyl (C=O) groups is 2. The smallest absolute Gasteiger partial charge is 0.242 e. The minimum atomic E-state index is -0.553. The molecule has 31 heavy (non-hydrogen) atoms. The molecule has 0 spiro atoms. The first kappa shape index (κ1) is 25.4. The number of carbonyl (C=O) groups excluding carboxylic acids is 2. The second-order valence-electron chi connectivity index (χ2n) is 7.34. The van der Waals surface area contributed by atoms with Gasteiger partial charge in [0.1, 0.15) is 11.9 Å². The summed E-state index contributed by atoms with van der Waals surface area (Å²) in [5.74, 6) is 0.433. The van der Waals surface area contributed by atoms with E-state index in [-0.39, 0.29) is 29.9 Å². The summed E-state index contributed by atoms with van der Waals surface area (Å²) in [6, 6.07) is 13.5. The third-order valence-corrected chi connectivity index (χ3v) is 6.41. The van der Waals surface area contributed by atoms with E-state index in [4.69, 9.17) is 0 Å². The third-order valence-electron chi connectivity index (χ3n) is 4.89. The molecule has 1 N–H and O–H groups in total. The van der Waals surface area contributed by atoms with Crippen molar-refractivity contribution in [2.75, 3.05) is 12.3 Å². The van der Waals surface area contributed by atoms with Crippen LogP contribution >= 0.6 is 27.7 Å². The van der Waals surface area contributed by atoms with Crippen LogP contribution in [0.15, 0.2) is 53.0 Å². The fourth-order valence-corrected chi connectivity index (χ4v) is 4.27. The normalized spacial score (nSPS) is 11.7. The van der Waals surface area contributed by atoms with Gasteiger partial charge in [0.25, 0.3) is 0 Å². The minimum Gasteiger partial charge on any atom is -0.354 e. The summed E-state index contributed by atoms with van der Waals surface area (Å²) in [5.41, 5.74) is 1.93. The number of nitrogens with one attached hydrogen (secondary N) is 1. The Labute approximate surface area is 197 Å². The maximum atomic E-state index is 13.3. The summed E-state index contributed by atoms with van der Waals surface area (Å²) in [7, 11) is 0. The average molecular weight is 509 g/mol. The molecule has 0 aromatic heterocycles. The van der Waals surface area contributed by atoms with Crippen molar-refractivity contribution in [1.82, 2.24) is 10.2 Å². The Morgan fingerprint density at radius 1 is 1.06 bits per heavy atom. The minimum absolute atomic E-state index is 0.0936. The highest BCUT2D eigenvalue weighted by Crippen LogP contribution is 2.19. The quantitative estimate of drug-likeness (QED) is 0.382. The van der Waals surface area contributed by atoms with E-state index in [1.54, 1.807) is 17.0 Å². The number of thioether (sulfide) groups is 1. The van der Waals surface area contributed by atoms with Crippen LogP contribution in [0.5, 0.6) is 0 Å². The number of unbranched alkanes of at least 4 members (excludes halogenated alkanes) is 1. The average Bonchev–Trinajstić information content (AvgIpc) is 2.76. The van der Waals surface area contributed by atoms with Crippen LogP contribution in [0.3, 0.4) is 0 Å². The van der Waals surface area contributed by atoms with Crippen LogP contribution in [0, 0.1) is 5.82 Å². The van der Waals surface area contributed by atoms with Crippen molar-refractivity contribution in [2.45, 2.75) is 51.4 Å². The van der Waals surface area contributed by atoms with Crippen LogP contribution < -0.4 is 5.32 Å². The molecule has 0 radical (unpaired) electrons. The van der Waals surface area contributed by atoms with Gasteiger partial charge in [0.15, 0.2) is 0 Å². The second-order valence-corrected chi connectivity index (χ2v) is 9.24. The van der Waals surface area contributed by atoms with E-state index < -0.39 is 6.04 Å². The summed E-state index contributed by atoms with van der Waals surface area (Å²) < 4.78 is 14.3. The highest BCUT2D eigenvalue weighted by molar-refractivity contribution is 9.10. The summed E-state index contributed by atoms with van der Waals surface area (Å²) in [5, 5.41) is 2.95. The van der Waals surface area contributed by atoms with E-state index in [0.717, 1.165) is 28.4 Å². The molecular weight excluding hydrogens is 479 g/mol. The monoisotopic (exact) mass is 508 g/mol. The van der Waals surface area contributed by atoms with Gasteiger partial charge < -0.3 is 10.2 Å². The molecule has 2 amide bonds. The molecule has 1 atom stereocenters. The van der Waals surface area contributed by atoms with Crippen molar-refractivity contribution in [3.63, 3.8) is 0 Å². The number of rotatable bonds is 12. The maximum Gasteiger partial charge on any atom is 0.242 e. The lowest BCUT2D eigenvalue weighted by atomic mass is 10.1. The standard InChI is InChI=1S/C24H30BrFN2O2S/c1-3-5-14-27-24(30)22(4-2)28(15-18-8-12-21(26)13-9-18)23(29)17-31-16-19-6-10-20(25)11-7-19/h6-13,22H,3-5,14-17H2,1-2H3,(H,27,30). The van der Waals surface area contributed by atoms with Gasteiger partial charge in [-0.1, -0.05) is 60.5 Å². The van der Waals surface area contributed by atoms with Gasteiger partial charge in [0.2, 0.25) is 11.8 Å². The summed E-state index contributed by atoms with van der Waals surface area (Å²) in [4.78, 5) is 27.6. The Morgan fingerprint density at radius 2 is 1.71 bits per heavy atom. The van der Waals surface area contributed by atoms with Gasteiger partial charge in [-0.2, -0.15) is 0 Å². The lowest BCUT2D eigenvalue weighted by Gasteiger charge is -2.30. The molecule has 0 aliphatic heterocycles. The van der Waals surface area contributed by atoms with Crippen LogP contribution in [0.4, 0.5) is 4.39 Å². The van der Waals surface area contributed by atoms with Gasteiger partial charge in [0.05, 0.1) is 5.75 Å². The molecule has 2 aromatic rings. The van der Waals surface area contributed by atoms with Gasteiger partial charge in [-0.05, 0) is 48.2 Å². The number of amides is 2. The van der Waals surface area contributed by atoms with E-state index in [2.05, 4.69) is 28.2 Å². The SMILES string of the molecule is CCCCNC(=O)C(CC)N(Cc1ccc(F)cc1)C(=O)CSCc1ccc(Br)cc1. The highest BCUT2D eigenvalue weighted by atomic mass is 79.9. The summed E-state index contributed by atoms with van der Waals surface area (Å²) >= 11 is 4.95. The van der Waals surface area contributed by atoms with Crippen molar-refractivity contribution in [2.24, 2.45) is 0 Å². The highest BCUT2D eigenvalue weighted by Gasteiger charge is 2.28. The fraction of sp³-hybridized carbons (Fsp3) is 0.417. The van der Waals surface area contributed by atoms with Crippen molar-refractivity contribution in [3.8, 4) is 0 Å². The van der Waals surface area contributed by atoms with Gasteiger partial charge in [-0.15, -0.1) is 11.8 Å². The number of halogens is 2. The maximum absolute atomic E-state index is 13.3. The van der Waals surface area contributed by atoms with Gasteiger partial charge in [0, 0.05) is 23.3 Å². The topological polar surface area (TPSA) is 49.4 Å². The Kier molecular flexibility index (Phi) is 11.1. The molecule has 2 rings (SSSR count). The molecule has 4 nitrogen and oxygen atoms in total. The number of nitrogens with zero attached hydrogens (tertiary/aromatic N) is 1. The largest absolute Gasteiger partial charge is 0.354 e. The van der Waals surface area contributed by atoms with Gasteiger partial charge in [-0.25, -0.2) is 4.39 Å². The molecular formula is C24H30BrFN2O2S. The van der Waals surface area contributed by atoms with Crippen molar-refractivity contribution >= 4 is 39.5 Å². The Morgan fingerprint density at radius 3 is 2.32 bits per heavy atom. The number of hydrogen-bond acceptors (Lipinski definition) is 3. The zero-order valence-electron chi connectivity index (χ0n) is 18.1. The molecule has 0 saturated carbocycles. The fourth-order valence-electron chi connectivity index (χ4n) is 3.13. The van der Waals surface area contributed by atoms with E-state index >= 15 is 0 Å². The van der Waals surface area contributed by atoms with Crippen LogP contribution in [-0.2, 0) is 21.9 Å². The zero-order valence-corrected chi connectivity index (χ0v) is 20.5. The zero-order chi connectivity index (χ0) is 22.6. The molecule has 168 valence electrons. The molecule has 2 aromatic carbocycles. The van der Waals surface area contributed by atoms with Crippen LogP contribution in [0.1, 0.15) is 44.2 Å². The Hall–Kier alpha value is -1.86. The van der Waals surface area contributed by atoms with Crippen molar-refractivity contribution < 1.29 is 14.0 Å². The van der Waals surface area contributed by atoms with Crippen molar-refractivity contribution in [3.05, 3.63) is 69.9 Å². The molecule has 0 fully saturated rings. The predicted molar refractivity (Wildman–Crippen MR) is 129 cm³/mol. The van der Waals surface area contributed by atoms with E-state index in [1.165, 1.54) is 23.9 Å². The van der Waals surface area contributed by atoms with Gasteiger partial charge >= 0.3 is 0 Å². The first-order valence-electron chi connectivity index (χ1n) is 10.6. The third kappa shape index (κ3) is 8.65. The van der Waals surface area contributed by atoms with Crippen LogP contribution in [-0.4, -0.2) is 35.1 Å². The summed E-state index contributed by atoms with van der Waals surface area (Å²) in [6.07, 6.45) is 2.40. The molecule has 1 unspecified atom stereocenters. The lowest BCUT2D eigenvalue weighted by Crippen LogP contribution is -2.49. The second kappa shape index (κ2) is 13.5. The summed E-state index contributed by atoms with van der Waals surface area (Å²) in [6.45, 7) is 4.85. The van der Waals surface area contributed by atoms with E-state index in [0.29, 0.717) is 18.7 Å². The molecule has 0 saturated heterocycles. The van der Waals surface area contributed by atoms with E-state index in [9.17, 15) is 14.0 Å². The van der Waals surface area contributed by atoms with Crippen LogP contribution in [0.2, 0.25) is 0 Å². The first-order valence-corrected chi connectivity index (χ1v) is 12.5. The molecule has 0 bridgehead atoms. The number of benzene rings is 2. The van der Waals surface area contributed by atoms with Crippen LogP contribution in [0.25, 0.3) is 0 Å². The number of hydrogen-bond donors (Lipinski definition) is 1. The molecule has 7 heteroatoms.